The maximum atomic E-state index is 13.2. The van der Waals surface area contributed by atoms with Crippen LogP contribution in [0.3, 0.4) is 0 Å². The van der Waals surface area contributed by atoms with E-state index in [-0.39, 0.29) is 35.5 Å². The van der Waals surface area contributed by atoms with Crippen molar-refractivity contribution in [1.82, 2.24) is 24.3 Å². The van der Waals surface area contributed by atoms with Gasteiger partial charge in [-0.25, -0.2) is 15.0 Å². The van der Waals surface area contributed by atoms with Crippen molar-refractivity contribution in [3.63, 3.8) is 0 Å². The standard InChI is InChI=1S/C28H27F3N8O4/c1-27(13-42-14-27)26(41)38-8-9-43-18(12-38)24-37-21(22-23(33)35-11-19(32)39(22)24)15-2-4-16(5-3-15)25(40)36-20-10-17(6-7-34-20)28(29,30)31/h2-7,10-11,18H,8-9,12-14,32H2,1H3,(H2,33,35)(H,34,36,40)/t18-/m1/s1. The van der Waals surface area contributed by atoms with Crippen molar-refractivity contribution in [1.29, 1.82) is 0 Å². The normalized spacial score (nSPS) is 18.3. The Balaban J connectivity index is 1.29. The number of nitrogens with one attached hydrogen (secondary N) is 1. The van der Waals surface area contributed by atoms with Crippen LogP contribution in [-0.2, 0) is 20.4 Å². The van der Waals surface area contributed by atoms with Gasteiger partial charge in [-0.3, -0.25) is 14.0 Å². The molecule has 1 aromatic carbocycles. The largest absolute Gasteiger partial charge is 0.416 e. The molecule has 5 heterocycles. The summed E-state index contributed by atoms with van der Waals surface area (Å²) in [5.74, 6) is -0.0536. The molecule has 12 nitrogen and oxygen atoms in total. The van der Waals surface area contributed by atoms with Crippen LogP contribution < -0.4 is 16.8 Å². The van der Waals surface area contributed by atoms with E-state index in [0.717, 1.165) is 18.3 Å². The van der Waals surface area contributed by atoms with Gasteiger partial charge in [-0.15, -0.1) is 0 Å². The fourth-order valence-corrected chi connectivity index (χ4v) is 5.15. The second-order valence-electron chi connectivity index (χ2n) is 10.7. The molecule has 1 atom stereocenters. The third-order valence-corrected chi connectivity index (χ3v) is 7.49. The number of nitrogen functional groups attached to an aromatic ring is 2. The van der Waals surface area contributed by atoms with E-state index in [9.17, 15) is 22.8 Å². The number of aromatic nitrogens is 4. The molecule has 0 unspecified atom stereocenters. The molecule has 3 aromatic heterocycles. The van der Waals surface area contributed by atoms with Crippen LogP contribution in [0.2, 0.25) is 0 Å². The average Bonchev–Trinajstić information content (AvgIpc) is 3.39. The smallest absolute Gasteiger partial charge is 0.383 e. The summed E-state index contributed by atoms with van der Waals surface area (Å²) in [6, 6.07) is 7.82. The number of hydrogen-bond donors (Lipinski definition) is 3. The van der Waals surface area contributed by atoms with E-state index >= 15 is 0 Å². The van der Waals surface area contributed by atoms with E-state index in [1.807, 2.05) is 6.92 Å². The molecule has 43 heavy (non-hydrogen) atoms. The van der Waals surface area contributed by atoms with Crippen molar-refractivity contribution in [2.45, 2.75) is 19.2 Å². The van der Waals surface area contributed by atoms with Crippen molar-refractivity contribution in [3.05, 3.63) is 65.7 Å². The van der Waals surface area contributed by atoms with Gasteiger partial charge in [0.25, 0.3) is 5.91 Å². The Morgan fingerprint density at radius 1 is 1.12 bits per heavy atom. The monoisotopic (exact) mass is 596 g/mol. The maximum absolute atomic E-state index is 13.2. The van der Waals surface area contributed by atoms with Crippen LogP contribution in [0.25, 0.3) is 16.8 Å². The Labute approximate surface area is 242 Å². The minimum absolute atomic E-state index is 0.0171. The predicted octanol–water partition coefficient (Wildman–Crippen LogP) is 3.16. The number of pyridine rings is 1. The number of rotatable bonds is 5. The van der Waals surface area contributed by atoms with Gasteiger partial charge in [0, 0.05) is 23.9 Å². The van der Waals surface area contributed by atoms with Crippen LogP contribution in [0.4, 0.5) is 30.6 Å². The molecule has 2 fully saturated rings. The molecule has 0 aliphatic carbocycles. The Hall–Kier alpha value is -4.76. The molecule has 2 aliphatic rings. The molecular formula is C28H27F3N8O4. The van der Waals surface area contributed by atoms with Crippen molar-refractivity contribution in [2.75, 3.05) is 49.7 Å². The minimum atomic E-state index is -4.57. The Morgan fingerprint density at radius 2 is 1.86 bits per heavy atom. The first-order valence-electron chi connectivity index (χ1n) is 13.3. The second kappa shape index (κ2) is 10.5. The molecule has 0 radical (unpaired) electrons. The highest BCUT2D eigenvalue weighted by molar-refractivity contribution is 6.04. The Bertz CT molecular complexity index is 1720. The highest BCUT2D eigenvalue weighted by Gasteiger charge is 2.45. The van der Waals surface area contributed by atoms with Gasteiger partial charge < -0.3 is 31.2 Å². The summed E-state index contributed by atoms with van der Waals surface area (Å²) in [6.45, 7) is 3.57. The lowest BCUT2D eigenvalue weighted by atomic mass is 9.86. The predicted molar refractivity (Wildman–Crippen MR) is 149 cm³/mol. The molecular weight excluding hydrogens is 569 g/mol. The number of anilines is 3. The fourth-order valence-electron chi connectivity index (χ4n) is 5.15. The van der Waals surface area contributed by atoms with Gasteiger partial charge in [0.05, 0.1) is 43.5 Å². The number of nitrogens with zero attached hydrogens (tertiary/aromatic N) is 5. The van der Waals surface area contributed by atoms with Crippen molar-refractivity contribution < 1.29 is 32.2 Å². The first-order valence-corrected chi connectivity index (χ1v) is 13.3. The topological polar surface area (TPSA) is 163 Å². The third-order valence-electron chi connectivity index (χ3n) is 7.49. The maximum Gasteiger partial charge on any atom is 0.416 e. The lowest BCUT2D eigenvalue weighted by Gasteiger charge is -2.42. The van der Waals surface area contributed by atoms with Crippen LogP contribution in [0.1, 0.15) is 34.8 Å². The van der Waals surface area contributed by atoms with Gasteiger partial charge in [-0.1, -0.05) is 12.1 Å². The number of alkyl halides is 3. The summed E-state index contributed by atoms with van der Waals surface area (Å²) in [5, 5.41) is 2.38. The fraction of sp³-hybridized carbons (Fsp3) is 0.321. The van der Waals surface area contributed by atoms with Gasteiger partial charge in [0.1, 0.15) is 40.6 Å². The first kappa shape index (κ1) is 28.4. The van der Waals surface area contributed by atoms with Crippen LogP contribution in [0, 0.1) is 5.41 Å². The number of halogens is 3. The number of carbonyl (C=O) groups excluding carboxylic acids is 2. The molecule has 2 saturated heterocycles. The Kier molecular flexibility index (Phi) is 6.93. The minimum Gasteiger partial charge on any atom is -0.383 e. The number of nitrogens with two attached hydrogens (primary N) is 2. The zero-order valence-electron chi connectivity index (χ0n) is 22.9. The first-order chi connectivity index (χ1) is 20.4. The summed E-state index contributed by atoms with van der Waals surface area (Å²) in [4.78, 5) is 40.5. The number of fused-ring (bicyclic) bond motifs is 1. The Morgan fingerprint density at radius 3 is 2.53 bits per heavy atom. The number of amides is 2. The summed E-state index contributed by atoms with van der Waals surface area (Å²) < 4.78 is 52.1. The van der Waals surface area contributed by atoms with E-state index in [4.69, 9.17) is 25.9 Å². The lowest BCUT2D eigenvalue weighted by Crippen LogP contribution is -2.56. The van der Waals surface area contributed by atoms with Crippen LogP contribution in [0.5, 0.6) is 0 Å². The van der Waals surface area contributed by atoms with Crippen molar-refractivity contribution in [3.8, 4) is 11.3 Å². The number of benzene rings is 1. The number of hydrogen-bond acceptors (Lipinski definition) is 9. The summed E-state index contributed by atoms with van der Waals surface area (Å²) in [6.07, 6.45) is -2.81. The summed E-state index contributed by atoms with van der Waals surface area (Å²) >= 11 is 0. The zero-order valence-corrected chi connectivity index (χ0v) is 22.9. The molecule has 2 amide bonds. The molecule has 0 bridgehead atoms. The van der Waals surface area contributed by atoms with Gasteiger partial charge in [0.15, 0.2) is 0 Å². The lowest BCUT2D eigenvalue weighted by molar-refractivity contribution is -0.175. The molecule has 5 N–H and O–H groups in total. The van der Waals surface area contributed by atoms with E-state index in [0.29, 0.717) is 49.0 Å². The molecule has 15 heteroatoms. The van der Waals surface area contributed by atoms with Crippen LogP contribution >= 0.6 is 0 Å². The van der Waals surface area contributed by atoms with E-state index in [2.05, 4.69) is 15.3 Å². The number of ether oxygens (including phenoxy) is 2. The number of morpholine rings is 1. The average molecular weight is 597 g/mol. The SMILES string of the molecule is CC1(C(=O)N2CCO[C@@H](c3nc(-c4ccc(C(=O)Nc5cc(C(F)(F)F)ccn5)cc4)c4c(N)ncc(N)n34)C2)COC1. The van der Waals surface area contributed by atoms with E-state index < -0.39 is 29.2 Å². The molecule has 0 saturated carbocycles. The summed E-state index contributed by atoms with van der Waals surface area (Å²) in [7, 11) is 0. The number of carbonyl (C=O) groups is 2. The van der Waals surface area contributed by atoms with Crippen LogP contribution in [0.15, 0.2) is 48.8 Å². The third kappa shape index (κ3) is 5.21. The zero-order chi connectivity index (χ0) is 30.5. The quantitative estimate of drug-likeness (QED) is 0.314. The van der Waals surface area contributed by atoms with Gasteiger partial charge >= 0.3 is 6.18 Å². The van der Waals surface area contributed by atoms with E-state index in [1.165, 1.54) is 18.3 Å². The van der Waals surface area contributed by atoms with Crippen molar-refractivity contribution in [2.24, 2.45) is 5.41 Å². The molecule has 0 spiro atoms. The van der Waals surface area contributed by atoms with Crippen LogP contribution in [-0.4, -0.2) is 69.0 Å². The van der Waals surface area contributed by atoms with Gasteiger partial charge in [-0.2, -0.15) is 13.2 Å². The number of imidazole rings is 1. The molecule has 224 valence electrons. The molecule has 6 rings (SSSR count). The van der Waals surface area contributed by atoms with Gasteiger partial charge in [-0.05, 0) is 31.2 Å². The van der Waals surface area contributed by atoms with E-state index in [1.54, 1.807) is 21.4 Å². The summed E-state index contributed by atoms with van der Waals surface area (Å²) in [5.41, 5.74) is 12.7. The molecule has 4 aromatic rings. The van der Waals surface area contributed by atoms with Crippen molar-refractivity contribution >= 4 is 34.8 Å². The highest BCUT2D eigenvalue weighted by atomic mass is 19.4. The van der Waals surface area contributed by atoms with Gasteiger partial charge in [0.2, 0.25) is 5.91 Å². The molecule has 2 aliphatic heterocycles. The second-order valence-corrected chi connectivity index (χ2v) is 10.7. The highest BCUT2D eigenvalue weighted by Crippen LogP contribution is 2.36.